The minimum atomic E-state index is -0.196. The number of carbonyl (C=O) groups is 2. The summed E-state index contributed by atoms with van der Waals surface area (Å²) in [6.45, 7) is 8.11. The Morgan fingerprint density at radius 2 is 1.87 bits per heavy atom. The summed E-state index contributed by atoms with van der Waals surface area (Å²) in [7, 11) is 0. The first-order valence-electron chi connectivity index (χ1n) is 10.4. The number of halogens is 1. The van der Waals surface area contributed by atoms with Gasteiger partial charge in [-0.05, 0) is 51.8 Å². The van der Waals surface area contributed by atoms with Crippen molar-refractivity contribution in [3.05, 3.63) is 40.3 Å². The van der Waals surface area contributed by atoms with Gasteiger partial charge in [0, 0.05) is 37.9 Å². The van der Waals surface area contributed by atoms with E-state index >= 15 is 0 Å². The number of aryl methyl sites for hydroxylation is 2. The van der Waals surface area contributed by atoms with E-state index in [0.29, 0.717) is 43.1 Å². The first-order chi connectivity index (χ1) is 14.3. The van der Waals surface area contributed by atoms with Crippen molar-refractivity contribution < 1.29 is 9.59 Å². The summed E-state index contributed by atoms with van der Waals surface area (Å²) in [4.78, 5) is 33.8. The first kappa shape index (κ1) is 20.8. The standard InChI is InChI=1S/C21H27ClN6O2/c1-13-12-14(2)28(25-13)18-7-6-17(22)19(24-18)21(30)27-10-8-26(9-11-27)15(3)20(29)23-16-4-5-16/h6-7,12,15-16H,4-5,8-11H2,1-3H3,(H,23,29). The van der Waals surface area contributed by atoms with Crippen molar-refractivity contribution in [3.63, 3.8) is 0 Å². The molecule has 2 aromatic heterocycles. The number of nitrogens with one attached hydrogen (secondary N) is 1. The van der Waals surface area contributed by atoms with Gasteiger partial charge in [0.2, 0.25) is 5.91 Å². The quantitative estimate of drug-likeness (QED) is 0.784. The SMILES string of the molecule is Cc1cc(C)n(-c2ccc(Cl)c(C(=O)N3CCN(C(C)C(=O)NC4CC4)CC3)n2)n1. The third-order valence-corrected chi connectivity index (χ3v) is 6.02. The van der Waals surface area contributed by atoms with Gasteiger partial charge in [-0.1, -0.05) is 11.6 Å². The maximum absolute atomic E-state index is 13.1. The summed E-state index contributed by atoms with van der Waals surface area (Å²) in [5.41, 5.74) is 2.05. The highest BCUT2D eigenvalue weighted by molar-refractivity contribution is 6.33. The van der Waals surface area contributed by atoms with Gasteiger partial charge in [-0.2, -0.15) is 5.10 Å². The van der Waals surface area contributed by atoms with Gasteiger partial charge in [0.05, 0.1) is 16.8 Å². The molecule has 2 aliphatic rings. The van der Waals surface area contributed by atoms with E-state index in [9.17, 15) is 9.59 Å². The van der Waals surface area contributed by atoms with Crippen LogP contribution >= 0.6 is 11.6 Å². The van der Waals surface area contributed by atoms with E-state index in [0.717, 1.165) is 24.2 Å². The number of piperazine rings is 1. The molecule has 1 saturated carbocycles. The summed E-state index contributed by atoms with van der Waals surface area (Å²) in [6, 6.07) is 5.56. The Bertz CT molecular complexity index is 962. The molecule has 1 saturated heterocycles. The zero-order valence-corrected chi connectivity index (χ0v) is 18.3. The van der Waals surface area contributed by atoms with Crippen LogP contribution in [0.15, 0.2) is 18.2 Å². The average Bonchev–Trinajstić information content (AvgIpc) is 3.49. The number of rotatable bonds is 5. The summed E-state index contributed by atoms with van der Waals surface area (Å²) in [5.74, 6) is 0.440. The third-order valence-electron chi connectivity index (χ3n) is 5.71. The van der Waals surface area contributed by atoms with Crippen LogP contribution in [-0.2, 0) is 4.79 Å². The second-order valence-corrected chi connectivity index (χ2v) is 8.53. The van der Waals surface area contributed by atoms with Crippen LogP contribution < -0.4 is 5.32 Å². The van der Waals surface area contributed by atoms with Crippen molar-refractivity contribution >= 4 is 23.4 Å². The van der Waals surface area contributed by atoms with E-state index in [1.54, 1.807) is 21.7 Å². The minimum absolute atomic E-state index is 0.0691. The maximum Gasteiger partial charge on any atom is 0.274 e. The highest BCUT2D eigenvalue weighted by atomic mass is 35.5. The molecule has 8 nitrogen and oxygen atoms in total. The zero-order chi connectivity index (χ0) is 21.4. The van der Waals surface area contributed by atoms with Gasteiger partial charge in [-0.25, -0.2) is 9.67 Å². The van der Waals surface area contributed by atoms with Gasteiger partial charge in [0.25, 0.3) is 5.91 Å². The Hall–Kier alpha value is -2.45. The van der Waals surface area contributed by atoms with Gasteiger partial charge in [0.1, 0.15) is 5.69 Å². The molecule has 1 aliphatic heterocycles. The molecule has 0 spiro atoms. The lowest BCUT2D eigenvalue weighted by Gasteiger charge is -2.37. The van der Waals surface area contributed by atoms with E-state index in [2.05, 4.69) is 20.3 Å². The van der Waals surface area contributed by atoms with Crippen molar-refractivity contribution in [1.82, 2.24) is 29.9 Å². The molecule has 0 bridgehead atoms. The molecule has 2 fully saturated rings. The Morgan fingerprint density at radius 1 is 1.17 bits per heavy atom. The number of hydrogen-bond donors (Lipinski definition) is 1. The molecule has 2 aromatic rings. The van der Waals surface area contributed by atoms with Crippen LogP contribution in [0.3, 0.4) is 0 Å². The molecule has 1 N–H and O–H groups in total. The topological polar surface area (TPSA) is 83.4 Å². The molecule has 160 valence electrons. The molecule has 30 heavy (non-hydrogen) atoms. The summed E-state index contributed by atoms with van der Waals surface area (Å²) in [5, 5.41) is 7.81. The molecule has 0 radical (unpaired) electrons. The fourth-order valence-corrected chi connectivity index (χ4v) is 3.92. The summed E-state index contributed by atoms with van der Waals surface area (Å²) >= 11 is 6.31. The Morgan fingerprint density at radius 3 is 2.47 bits per heavy atom. The normalized spacial score (nSPS) is 18.3. The number of nitrogens with zero attached hydrogens (tertiary/aromatic N) is 5. The van der Waals surface area contributed by atoms with Crippen molar-refractivity contribution in [2.75, 3.05) is 26.2 Å². The van der Waals surface area contributed by atoms with E-state index in [1.807, 2.05) is 26.8 Å². The number of hydrogen-bond acceptors (Lipinski definition) is 5. The molecule has 1 aliphatic carbocycles. The number of pyridine rings is 1. The smallest absolute Gasteiger partial charge is 0.274 e. The molecule has 4 rings (SSSR count). The highest BCUT2D eigenvalue weighted by Crippen LogP contribution is 2.21. The molecule has 2 amide bonds. The molecule has 9 heteroatoms. The highest BCUT2D eigenvalue weighted by Gasteiger charge is 2.31. The number of carbonyl (C=O) groups excluding carboxylic acids is 2. The lowest BCUT2D eigenvalue weighted by Crippen LogP contribution is -2.55. The van der Waals surface area contributed by atoms with E-state index < -0.39 is 0 Å². The van der Waals surface area contributed by atoms with Gasteiger partial charge in [-0.15, -0.1) is 0 Å². The largest absolute Gasteiger partial charge is 0.352 e. The second kappa shape index (κ2) is 8.35. The Kier molecular flexibility index (Phi) is 5.79. The predicted molar refractivity (Wildman–Crippen MR) is 114 cm³/mol. The molecular weight excluding hydrogens is 404 g/mol. The average molecular weight is 431 g/mol. The van der Waals surface area contributed by atoms with E-state index in [1.165, 1.54) is 0 Å². The van der Waals surface area contributed by atoms with Gasteiger partial charge in [0.15, 0.2) is 5.82 Å². The third kappa shape index (κ3) is 4.34. The van der Waals surface area contributed by atoms with Crippen molar-refractivity contribution in [3.8, 4) is 5.82 Å². The maximum atomic E-state index is 13.1. The zero-order valence-electron chi connectivity index (χ0n) is 17.6. The molecule has 1 atom stereocenters. The second-order valence-electron chi connectivity index (χ2n) is 8.13. The Labute approximate surface area is 181 Å². The predicted octanol–water partition coefficient (Wildman–Crippen LogP) is 1.96. The number of aromatic nitrogens is 3. The van der Waals surface area contributed by atoms with E-state index in [-0.39, 0.29) is 23.6 Å². The molecule has 0 aromatic carbocycles. The number of amides is 2. The van der Waals surface area contributed by atoms with Crippen LogP contribution in [-0.4, -0.2) is 74.6 Å². The molecular formula is C21H27ClN6O2. The first-order valence-corrected chi connectivity index (χ1v) is 10.7. The van der Waals surface area contributed by atoms with Crippen LogP contribution in [0.5, 0.6) is 0 Å². The van der Waals surface area contributed by atoms with Crippen molar-refractivity contribution in [2.24, 2.45) is 0 Å². The van der Waals surface area contributed by atoms with Gasteiger partial charge in [-0.3, -0.25) is 14.5 Å². The fourth-order valence-electron chi connectivity index (χ4n) is 3.74. The van der Waals surface area contributed by atoms with Crippen LogP contribution in [0.4, 0.5) is 0 Å². The lowest BCUT2D eigenvalue weighted by atomic mass is 10.2. The van der Waals surface area contributed by atoms with Crippen LogP contribution in [0, 0.1) is 13.8 Å². The minimum Gasteiger partial charge on any atom is -0.352 e. The van der Waals surface area contributed by atoms with Crippen molar-refractivity contribution in [1.29, 1.82) is 0 Å². The monoisotopic (exact) mass is 430 g/mol. The van der Waals surface area contributed by atoms with Crippen LogP contribution in [0.25, 0.3) is 5.82 Å². The van der Waals surface area contributed by atoms with E-state index in [4.69, 9.17) is 11.6 Å². The molecule has 3 heterocycles. The Balaban J connectivity index is 1.43. The van der Waals surface area contributed by atoms with Gasteiger partial charge < -0.3 is 10.2 Å². The van der Waals surface area contributed by atoms with Crippen molar-refractivity contribution in [2.45, 2.75) is 45.7 Å². The van der Waals surface area contributed by atoms with Gasteiger partial charge >= 0.3 is 0 Å². The van der Waals surface area contributed by atoms with Crippen LogP contribution in [0.2, 0.25) is 5.02 Å². The molecule has 1 unspecified atom stereocenters. The van der Waals surface area contributed by atoms with Crippen LogP contribution in [0.1, 0.15) is 41.6 Å². The summed E-state index contributed by atoms with van der Waals surface area (Å²) < 4.78 is 1.71. The fraction of sp³-hybridized carbons (Fsp3) is 0.524. The summed E-state index contributed by atoms with van der Waals surface area (Å²) in [6.07, 6.45) is 2.15. The lowest BCUT2D eigenvalue weighted by molar-refractivity contribution is -0.126.